The number of hydrogen-bond donors (Lipinski definition) is 3. The average molecular weight is 1760 g/mol. The topological polar surface area (TPSA) is 69.9 Å². The standard InChI is InChI=1S/C9H18O.C9H18.C9H20.C8H18O.2C8H18.2C7H16O.2C7H16.C6H14.11C3H8/c1-4-9(5-8(2)3)6-10-7-9;1-4-9(5-6-9)7-8(2)3;1-6-9(4,5)7-8(2)3;1-4-8(6-9)5-7(2)3;1-5-8(4)6-7(2)3;1-4-5-6-7-8(2)3;1-4-7(5-8)6(2)3;1-4-7(8)5-6(2)3;1-5-7(4)6(2)3;1-4-5-6-7(2)3;1-4-5-6(2)3;11*1-3-2/h8H,4-7H2,1-3H3;8H,4-7H2,1-3H3;8H,6-7H2,1-5H3;7-9H,4-6H2,1-3H3;7-8H,5-6H2,1-4H3;8H,4-7H2,1-3H3;2*6-8H,4-5H2,1-3H3;6-7H,5H2,1-4H3;7H,4-6H2,1-3H3;6H,4-5H2,1-3H3;11*3H2,1-2H3. The molecule has 2 aliphatic rings. The van der Waals surface area contributed by atoms with Gasteiger partial charge in [0.1, 0.15) is 0 Å². The van der Waals surface area contributed by atoms with Gasteiger partial charge in [-0.1, -0.05) is 575 Å². The van der Waals surface area contributed by atoms with Crippen LogP contribution in [0, 0.1) is 105 Å². The van der Waals surface area contributed by atoms with Crippen molar-refractivity contribution >= 4 is 0 Å². The summed E-state index contributed by atoms with van der Waals surface area (Å²) in [4.78, 5) is 0. The Labute approximate surface area is 792 Å². The van der Waals surface area contributed by atoms with Crippen LogP contribution in [0.4, 0.5) is 0 Å². The van der Waals surface area contributed by atoms with E-state index < -0.39 is 0 Å². The number of rotatable bonds is 33. The van der Waals surface area contributed by atoms with Crippen LogP contribution in [-0.2, 0) is 4.74 Å². The number of ether oxygens (including phenoxy) is 1. The second-order valence-electron chi connectivity index (χ2n) is 41.5. The van der Waals surface area contributed by atoms with Gasteiger partial charge in [-0.25, -0.2) is 0 Å². The van der Waals surface area contributed by atoms with E-state index in [0.717, 1.165) is 116 Å². The third-order valence-electron chi connectivity index (χ3n) is 18.2. The molecule has 1 aliphatic carbocycles. The SMILES string of the molecule is CCC.CCC.CCC.CCC.CCC.CCC.CCC.CCC.CCC.CCC.CCC.CCC(C)(C)CC(C)C.CCC(C)C(C)C.CCC(C)CC(C)C.CCC(CO)C(C)C.CCC(CO)CC(C)C.CCC(O)CC(C)C.CCC1(CC(C)C)CC1.CCC1(CC(C)C)COC1.CCCC(C)C.CCCCC(C)C.CCCCCC(C)C. The van der Waals surface area contributed by atoms with Crippen LogP contribution in [0.3, 0.4) is 0 Å². The summed E-state index contributed by atoms with van der Waals surface area (Å²) in [7, 11) is 0. The molecule has 1 saturated carbocycles. The molecule has 0 aromatic carbocycles. The molecule has 122 heavy (non-hydrogen) atoms. The van der Waals surface area contributed by atoms with E-state index in [2.05, 4.69) is 402 Å². The molecule has 4 nitrogen and oxygen atoms in total. The monoisotopic (exact) mass is 1760 g/mol. The molecule has 1 heterocycles. The second-order valence-corrected chi connectivity index (χ2v) is 41.5. The maximum Gasteiger partial charge on any atom is 0.0544 e. The molecule has 1 saturated heterocycles. The van der Waals surface area contributed by atoms with Crippen molar-refractivity contribution in [2.75, 3.05) is 26.4 Å². The molecule has 772 valence electrons. The lowest BCUT2D eigenvalue weighted by Crippen LogP contribution is -2.42. The zero-order valence-corrected chi connectivity index (χ0v) is 99.8. The molecular formula is C118H276O4. The Kier molecular flexibility index (Phi) is 214. The van der Waals surface area contributed by atoms with Gasteiger partial charge in [-0.2, -0.15) is 0 Å². The van der Waals surface area contributed by atoms with Crippen molar-refractivity contribution in [3.8, 4) is 0 Å². The largest absolute Gasteiger partial charge is 0.396 e. The average Bonchev–Trinajstić information content (AvgIpc) is 1.16. The molecule has 0 radical (unpaired) electrons. The van der Waals surface area contributed by atoms with Crippen LogP contribution in [0.25, 0.3) is 0 Å². The summed E-state index contributed by atoms with van der Waals surface area (Å²) in [5, 5.41) is 26.5. The smallest absolute Gasteiger partial charge is 0.0544 e. The third kappa shape index (κ3) is 247. The third-order valence-corrected chi connectivity index (χ3v) is 18.2. The minimum atomic E-state index is -0.0741. The summed E-state index contributed by atoms with van der Waals surface area (Å²) in [6.45, 7) is 133. The van der Waals surface area contributed by atoms with E-state index in [0.29, 0.717) is 47.7 Å². The van der Waals surface area contributed by atoms with Crippen LogP contribution < -0.4 is 0 Å². The van der Waals surface area contributed by atoms with Gasteiger partial charge >= 0.3 is 0 Å². The Morgan fingerprint density at radius 1 is 0.295 bits per heavy atom. The molecule has 0 amide bonds. The van der Waals surface area contributed by atoms with Gasteiger partial charge in [0.15, 0.2) is 0 Å². The fourth-order valence-electron chi connectivity index (χ4n) is 10.7. The van der Waals surface area contributed by atoms with Gasteiger partial charge in [0, 0.05) is 18.6 Å². The second kappa shape index (κ2) is 152. The van der Waals surface area contributed by atoms with E-state index in [1.165, 1.54) is 199 Å². The molecule has 3 N–H and O–H groups in total. The minimum Gasteiger partial charge on any atom is -0.396 e. The summed E-state index contributed by atoms with van der Waals surface area (Å²) in [5.41, 5.74) is 1.94. The summed E-state index contributed by atoms with van der Waals surface area (Å²) >= 11 is 0. The zero-order valence-electron chi connectivity index (χ0n) is 99.8. The van der Waals surface area contributed by atoms with Crippen molar-refractivity contribution in [1.82, 2.24) is 0 Å². The van der Waals surface area contributed by atoms with E-state index in [-0.39, 0.29) is 6.10 Å². The van der Waals surface area contributed by atoms with Gasteiger partial charge in [0.05, 0.1) is 19.3 Å². The van der Waals surface area contributed by atoms with Gasteiger partial charge in [-0.05, 0) is 164 Å². The van der Waals surface area contributed by atoms with Crippen LogP contribution in [0.1, 0.15) is 640 Å². The van der Waals surface area contributed by atoms with Crippen LogP contribution in [0.15, 0.2) is 0 Å². The van der Waals surface area contributed by atoms with Gasteiger partial charge < -0.3 is 20.1 Å². The first-order valence-electron chi connectivity index (χ1n) is 55.1. The molecule has 0 spiro atoms. The van der Waals surface area contributed by atoms with Gasteiger partial charge in [-0.15, -0.1) is 0 Å². The molecule has 5 atom stereocenters. The molecule has 0 bridgehead atoms. The molecule has 5 unspecified atom stereocenters. The van der Waals surface area contributed by atoms with Gasteiger partial charge in [0.25, 0.3) is 0 Å². The van der Waals surface area contributed by atoms with Crippen molar-refractivity contribution < 1.29 is 20.1 Å². The van der Waals surface area contributed by atoms with E-state index in [9.17, 15) is 0 Å². The highest BCUT2D eigenvalue weighted by molar-refractivity contribution is 4.92. The minimum absolute atomic E-state index is 0.0741. The van der Waals surface area contributed by atoms with E-state index in [1.807, 2.05) is 6.92 Å². The molecular weight excluding hydrogens is 1480 g/mol. The Balaban J connectivity index is -0.0000000503. The van der Waals surface area contributed by atoms with Crippen LogP contribution in [-0.4, -0.2) is 47.9 Å². The zero-order chi connectivity index (χ0) is 102. The molecule has 4 heteroatoms. The summed E-state index contributed by atoms with van der Waals surface area (Å²) in [6, 6.07) is 0. The maximum atomic E-state index is 9.03. The number of aliphatic hydroxyl groups is 3. The normalized spacial score (nSPS) is 12.7. The Bertz CT molecular complexity index is 1350. The first kappa shape index (κ1) is 172. The van der Waals surface area contributed by atoms with Crippen molar-refractivity contribution in [3.05, 3.63) is 0 Å². The summed E-state index contributed by atoms with van der Waals surface area (Å²) in [6.07, 6.45) is 46.5. The number of aliphatic hydroxyl groups excluding tert-OH is 3. The lowest BCUT2D eigenvalue weighted by molar-refractivity contribution is -0.124. The lowest BCUT2D eigenvalue weighted by atomic mass is 9.76. The Morgan fingerprint density at radius 2 is 0.607 bits per heavy atom. The predicted molar refractivity (Wildman–Crippen MR) is 592 cm³/mol. The summed E-state index contributed by atoms with van der Waals surface area (Å²) in [5.74, 6) is 11.9. The lowest BCUT2D eigenvalue weighted by Gasteiger charge is -2.42. The molecule has 2 fully saturated rings. The molecule has 2 rings (SSSR count). The highest BCUT2D eigenvalue weighted by Gasteiger charge is 2.40. The molecule has 0 aromatic rings. The van der Waals surface area contributed by atoms with E-state index in [1.54, 1.807) is 0 Å². The van der Waals surface area contributed by atoms with Crippen molar-refractivity contribution in [2.24, 2.45) is 105 Å². The highest BCUT2D eigenvalue weighted by atomic mass is 16.5. The molecule has 1 aliphatic heterocycles. The highest BCUT2D eigenvalue weighted by Crippen LogP contribution is 2.53. The van der Waals surface area contributed by atoms with E-state index >= 15 is 0 Å². The molecule has 0 aromatic heterocycles. The number of hydrogen-bond acceptors (Lipinski definition) is 4. The Morgan fingerprint density at radius 3 is 0.689 bits per heavy atom. The van der Waals surface area contributed by atoms with Crippen molar-refractivity contribution in [2.45, 2.75) is 646 Å². The van der Waals surface area contributed by atoms with E-state index in [4.69, 9.17) is 20.1 Å². The summed E-state index contributed by atoms with van der Waals surface area (Å²) < 4.78 is 5.23. The van der Waals surface area contributed by atoms with Crippen molar-refractivity contribution in [3.63, 3.8) is 0 Å². The maximum absolute atomic E-state index is 9.03. The van der Waals surface area contributed by atoms with Crippen LogP contribution in [0.5, 0.6) is 0 Å². The fraction of sp³-hybridized carbons (Fsp3) is 1.00. The number of unbranched alkanes of at least 4 members (excludes halogenated alkanes) is 3. The Hall–Kier alpha value is -0.160. The quantitative estimate of drug-likeness (QED) is 0.0573. The first-order valence-corrected chi connectivity index (χ1v) is 55.1. The van der Waals surface area contributed by atoms with Gasteiger partial charge in [-0.3, -0.25) is 0 Å². The van der Waals surface area contributed by atoms with Gasteiger partial charge in [0.2, 0.25) is 0 Å². The van der Waals surface area contributed by atoms with Crippen LogP contribution in [0.2, 0.25) is 0 Å². The first-order chi connectivity index (χ1) is 56.6. The fourth-order valence-corrected chi connectivity index (χ4v) is 10.7. The predicted octanol–water partition coefficient (Wildman–Crippen LogP) is 44.5. The van der Waals surface area contributed by atoms with Crippen LogP contribution >= 0.6 is 0 Å². The van der Waals surface area contributed by atoms with Crippen molar-refractivity contribution in [1.29, 1.82) is 0 Å².